The molecule has 0 saturated carbocycles. The van der Waals surface area contributed by atoms with E-state index in [4.69, 9.17) is 20.8 Å². The summed E-state index contributed by atoms with van der Waals surface area (Å²) in [5.74, 6) is -0.170. The number of aryl methyl sites for hydroxylation is 2. The number of carbonyl (C=O) groups excluding carboxylic acids is 1. The number of esters is 1. The van der Waals surface area contributed by atoms with Crippen LogP contribution in [0.25, 0.3) is 22.1 Å². The van der Waals surface area contributed by atoms with Gasteiger partial charge in [0.15, 0.2) is 0 Å². The summed E-state index contributed by atoms with van der Waals surface area (Å²) in [4.78, 5) is 25.3. The molecule has 0 unspecified atom stereocenters. The van der Waals surface area contributed by atoms with Crippen molar-refractivity contribution in [3.05, 3.63) is 98.9 Å². The van der Waals surface area contributed by atoms with Gasteiger partial charge in [-0.2, -0.15) is 0 Å². The van der Waals surface area contributed by atoms with Crippen LogP contribution in [0, 0.1) is 13.8 Å². The van der Waals surface area contributed by atoms with Crippen molar-refractivity contribution in [3.63, 3.8) is 0 Å². The second-order valence-electron chi connectivity index (χ2n) is 6.80. The highest BCUT2D eigenvalue weighted by Crippen LogP contribution is 2.28. The first-order chi connectivity index (χ1) is 13.9. The first kappa shape index (κ1) is 19.0. The number of benzene rings is 3. The monoisotopic (exact) mass is 404 g/mol. The van der Waals surface area contributed by atoms with Gasteiger partial charge in [0.05, 0.1) is 16.5 Å². The molecule has 0 aliphatic heterocycles. The van der Waals surface area contributed by atoms with Gasteiger partial charge in [0, 0.05) is 16.7 Å². The maximum Gasteiger partial charge on any atom is 0.343 e. The summed E-state index contributed by atoms with van der Waals surface area (Å²) in [7, 11) is 0. The van der Waals surface area contributed by atoms with E-state index in [1.165, 1.54) is 12.3 Å². The highest BCUT2D eigenvalue weighted by atomic mass is 35.5. The van der Waals surface area contributed by atoms with E-state index in [9.17, 15) is 9.59 Å². The molecule has 3 aromatic carbocycles. The molecule has 144 valence electrons. The lowest BCUT2D eigenvalue weighted by Crippen LogP contribution is -2.09. The molecule has 0 atom stereocenters. The van der Waals surface area contributed by atoms with Crippen molar-refractivity contribution < 1.29 is 13.9 Å². The zero-order chi connectivity index (χ0) is 20.5. The van der Waals surface area contributed by atoms with Crippen LogP contribution in [0.1, 0.15) is 21.5 Å². The Kier molecular flexibility index (Phi) is 4.95. The van der Waals surface area contributed by atoms with Crippen LogP contribution in [-0.4, -0.2) is 5.97 Å². The Morgan fingerprint density at radius 1 is 0.931 bits per heavy atom. The van der Waals surface area contributed by atoms with Crippen molar-refractivity contribution in [1.82, 2.24) is 0 Å². The van der Waals surface area contributed by atoms with Gasteiger partial charge in [-0.1, -0.05) is 35.9 Å². The maximum absolute atomic E-state index is 12.9. The highest BCUT2D eigenvalue weighted by molar-refractivity contribution is 6.33. The summed E-state index contributed by atoms with van der Waals surface area (Å²) in [5, 5.41) is 0.853. The van der Waals surface area contributed by atoms with Gasteiger partial charge in [0.25, 0.3) is 0 Å². The van der Waals surface area contributed by atoms with Crippen LogP contribution in [0.15, 0.2) is 76.1 Å². The van der Waals surface area contributed by atoms with Crippen molar-refractivity contribution >= 4 is 28.5 Å². The summed E-state index contributed by atoms with van der Waals surface area (Å²) in [6.45, 7) is 3.92. The van der Waals surface area contributed by atoms with E-state index in [1.807, 2.05) is 19.9 Å². The Hall–Kier alpha value is -3.37. The minimum Gasteiger partial charge on any atom is -0.463 e. The molecule has 0 N–H and O–H groups in total. The molecule has 0 aliphatic rings. The molecule has 5 heteroatoms. The third-order valence-corrected chi connectivity index (χ3v) is 5.19. The number of rotatable bonds is 3. The lowest BCUT2D eigenvalue weighted by atomic mass is 10.1. The number of carbonyl (C=O) groups is 1. The van der Waals surface area contributed by atoms with E-state index >= 15 is 0 Å². The zero-order valence-electron chi connectivity index (χ0n) is 15.9. The fourth-order valence-electron chi connectivity index (χ4n) is 3.07. The normalized spacial score (nSPS) is 10.9. The summed E-state index contributed by atoms with van der Waals surface area (Å²) >= 11 is 6.21. The van der Waals surface area contributed by atoms with Crippen molar-refractivity contribution in [1.29, 1.82) is 0 Å². The van der Waals surface area contributed by atoms with Gasteiger partial charge in [-0.25, -0.2) is 4.79 Å². The molecule has 4 rings (SSSR count). The molecule has 4 nitrogen and oxygen atoms in total. The molecule has 4 aromatic rings. The van der Waals surface area contributed by atoms with E-state index in [0.717, 1.165) is 11.1 Å². The lowest BCUT2D eigenvalue weighted by Gasteiger charge is -2.08. The van der Waals surface area contributed by atoms with Gasteiger partial charge in [0.1, 0.15) is 17.6 Å². The molecule has 1 aromatic heterocycles. The number of fused-ring (bicyclic) bond motifs is 1. The van der Waals surface area contributed by atoms with Crippen molar-refractivity contribution in [3.8, 4) is 16.9 Å². The maximum atomic E-state index is 12.9. The number of halogens is 1. The fourth-order valence-corrected chi connectivity index (χ4v) is 3.31. The predicted molar refractivity (Wildman–Crippen MR) is 114 cm³/mol. The van der Waals surface area contributed by atoms with Gasteiger partial charge in [-0.15, -0.1) is 0 Å². The lowest BCUT2D eigenvalue weighted by molar-refractivity contribution is 0.0735. The van der Waals surface area contributed by atoms with Crippen molar-refractivity contribution in [2.24, 2.45) is 0 Å². The SMILES string of the molecule is Cc1ccc(C(=O)Oc2ccc3c(=O)c(-c4ccccc4Cl)coc3c2)cc1C. The topological polar surface area (TPSA) is 56.5 Å². The molecule has 1 heterocycles. The van der Waals surface area contributed by atoms with Gasteiger partial charge < -0.3 is 9.15 Å². The number of hydrogen-bond acceptors (Lipinski definition) is 4. The Labute approximate surface area is 172 Å². The second-order valence-corrected chi connectivity index (χ2v) is 7.21. The first-order valence-corrected chi connectivity index (χ1v) is 9.42. The summed E-state index contributed by atoms with van der Waals surface area (Å²) in [6.07, 6.45) is 1.38. The van der Waals surface area contributed by atoms with Crippen LogP contribution in [0.3, 0.4) is 0 Å². The average molecular weight is 405 g/mol. The molecule has 0 spiro atoms. The standard InChI is InChI=1S/C24H17ClO4/c1-14-7-8-16(11-15(14)2)24(27)29-17-9-10-19-22(12-17)28-13-20(23(19)26)18-5-3-4-6-21(18)25/h3-13H,1-2H3. The number of ether oxygens (including phenoxy) is 1. The van der Waals surface area contributed by atoms with Gasteiger partial charge in [0.2, 0.25) is 5.43 Å². The minimum atomic E-state index is -0.470. The summed E-state index contributed by atoms with van der Waals surface area (Å²) < 4.78 is 11.1. The van der Waals surface area contributed by atoms with Gasteiger partial charge >= 0.3 is 5.97 Å². The summed E-state index contributed by atoms with van der Waals surface area (Å²) in [5.41, 5.74) is 3.68. The first-order valence-electron chi connectivity index (χ1n) is 9.04. The van der Waals surface area contributed by atoms with Gasteiger partial charge in [-0.3, -0.25) is 4.79 Å². The molecular weight excluding hydrogens is 388 g/mol. The molecule has 0 amide bonds. The van der Waals surface area contributed by atoms with E-state index in [2.05, 4.69) is 0 Å². The minimum absolute atomic E-state index is 0.202. The molecule has 0 saturated heterocycles. The van der Waals surface area contributed by atoms with Crippen molar-refractivity contribution in [2.45, 2.75) is 13.8 Å². The molecule has 29 heavy (non-hydrogen) atoms. The average Bonchev–Trinajstić information content (AvgIpc) is 2.71. The van der Waals surface area contributed by atoms with Gasteiger partial charge in [-0.05, 0) is 55.3 Å². The Morgan fingerprint density at radius 3 is 2.48 bits per heavy atom. The molecular formula is C24H17ClO4. The Morgan fingerprint density at radius 2 is 1.72 bits per heavy atom. The van der Waals surface area contributed by atoms with E-state index in [1.54, 1.807) is 48.5 Å². The van der Waals surface area contributed by atoms with Crippen LogP contribution >= 0.6 is 11.6 Å². The predicted octanol–water partition coefficient (Wildman–Crippen LogP) is 5.95. The third-order valence-electron chi connectivity index (χ3n) is 4.86. The third kappa shape index (κ3) is 3.67. The van der Waals surface area contributed by atoms with Crippen LogP contribution in [0.5, 0.6) is 5.75 Å². The number of hydrogen-bond donors (Lipinski definition) is 0. The Balaban J connectivity index is 1.67. The highest BCUT2D eigenvalue weighted by Gasteiger charge is 2.14. The molecule has 0 radical (unpaired) electrons. The second kappa shape index (κ2) is 7.57. The van der Waals surface area contributed by atoms with Crippen LogP contribution < -0.4 is 10.2 Å². The summed E-state index contributed by atoms with van der Waals surface area (Å²) in [6, 6.07) is 17.2. The van der Waals surface area contributed by atoms with Crippen LogP contribution in [0.2, 0.25) is 5.02 Å². The smallest absolute Gasteiger partial charge is 0.343 e. The van der Waals surface area contributed by atoms with E-state index in [0.29, 0.717) is 38.4 Å². The van der Waals surface area contributed by atoms with E-state index in [-0.39, 0.29) is 5.43 Å². The fraction of sp³-hybridized carbons (Fsp3) is 0.0833. The quantitative estimate of drug-likeness (QED) is 0.313. The Bertz CT molecular complexity index is 1300. The molecule has 0 bridgehead atoms. The molecule has 0 aliphatic carbocycles. The van der Waals surface area contributed by atoms with Crippen LogP contribution in [-0.2, 0) is 0 Å². The zero-order valence-corrected chi connectivity index (χ0v) is 16.6. The van der Waals surface area contributed by atoms with Crippen molar-refractivity contribution in [2.75, 3.05) is 0 Å². The largest absolute Gasteiger partial charge is 0.463 e. The van der Waals surface area contributed by atoms with E-state index < -0.39 is 5.97 Å². The molecule has 0 fully saturated rings. The van der Waals surface area contributed by atoms with Crippen LogP contribution in [0.4, 0.5) is 0 Å².